The van der Waals surface area contributed by atoms with Crippen LogP contribution < -0.4 is 15.4 Å². The second-order valence-corrected chi connectivity index (χ2v) is 7.66. The average molecular weight is 351 g/mol. The number of fused-ring (bicyclic) bond motifs is 2. The molecule has 0 radical (unpaired) electrons. The number of benzene rings is 1. The highest BCUT2D eigenvalue weighted by Crippen LogP contribution is 2.47. The molecule has 1 aromatic carbocycles. The van der Waals surface area contributed by atoms with Gasteiger partial charge >= 0.3 is 0 Å². The van der Waals surface area contributed by atoms with Crippen LogP contribution in [-0.2, 0) is 0 Å². The number of hydrogen-bond acceptors (Lipinski definition) is 6. The molecule has 26 heavy (non-hydrogen) atoms. The van der Waals surface area contributed by atoms with Gasteiger partial charge in [-0.05, 0) is 55.6 Å². The molecule has 1 aromatic heterocycles. The van der Waals surface area contributed by atoms with E-state index in [1.807, 2.05) is 6.07 Å². The summed E-state index contributed by atoms with van der Waals surface area (Å²) >= 11 is 0. The molecule has 4 fully saturated rings. The number of nitrogens with two attached hydrogens (primary N) is 1. The van der Waals surface area contributed by atoms with E-state index in [9.17, 15) is 0 Å². The minimum atomic E-state index is 0.355. The minimum absolute atomic E-state index is 0.355. The SMILES string of the molecule is COc1ccc([C@@H]2CN(c3ccnc(N)n3)[C@@H]3C4CCN(CC4)[C@@H]32)cc1. The van der Waals surface area contributed by atoms with Gasteiger partial charge in [0.15, 0.2) is 0 Å². The summed E-state index contributed by atoms with van der Waals surface area (Å²) in [5.41, 5.74) is 7.26. The summed E-state index contributed by atoms with van der Waals surface area (Å²) in [6.07, 6.45) is 4.34. The number of anilines is 2. The third-order valence-electron chi connectivity index (χ3n) is 6.49. The van der Waals surface area contributed by atoms with Crippen molar-refractivity contribution in [2.24, 2.45) is 5.92 Å². The van der Waals surface area contributed by atoms with Crippen LogP contribution >= 0.6 is 0 Å². The van der Waals surface area contributed by atoms with Crippen LogP contribution in [0.3, 0.4) is 0 Å². The molecule has 4 aliphatic rings. The molecule has 6 heteroatoms. The highest BCUT2D eigenvalue weighted by molar-refractivity contribution is 5.48. The topological polar surface area (TPSA) is 67.5 Å². The zero-order chi connectivity index (χ0) is 17.7. The van der Waals surface area contributed by atoms with Gasteiger partial charge in [0.2, 0.25) is 5.95 Å². The predicted octanol–water partition coefficient (Wildman–Crippen LogP) is 2.13. The molecule has 3 atom stereocenters. The second kappa shape index (κ2) is 6.13. The molecule has 6 rings (SSSR count). The van der Waals surface area contributed by atoms with E-state index in [0.29, 0.717) is 23.9 Å². The number of nitrogens with zero attached hydrogens (tertiary/aromatic N) is 4. The molecular weight excluding hydrogens is 326 g/mol. The van der Waals surface area contributed by atoms with Gasteiger partial charge in [-0.1, -0.05) is 12.1 Å². The van der Waals surface area contributed by atoms with Crippen molar-refractivity contribution < 1.29 is 4.74 Å². The van der Waals surface area contributed by atoms with Gasteiger partial charge in [-0.15, -0.1) is 0 Å². The molecule has 136 valence electrons. The van der Waals surface area contributed by atoms with Gasteiger partial charge < -0.3 is 15.4 Å². The van der Waals surface area contributed by atoms with Crippen molar-refractivity contribution in [3.05, 3.63) is 42.1 Å². The van der Waals surface area contributed by atoms with Crippen molar-refractivity contribution in [1.82, 2.24) is 14.9 Å². The lowest BCUT2D eigenvalue weighted by atomic mass is 9.75. The van der Waals surface area contributed by atoms with Crippen LogP contribution in [0.2, 0.25) is 0 Å². The number of piperidine rings is 3. The molecular formula is C20H25N5O. The van der Waals surface area contributed by atoms with Gasteiger partial charge in [0.1, 0.15) is 11.6 Å². The van der Waals surface area contributed by atoms with E-state index in [1.165, 1.54) is 31.5 Å². The minimum Gasteiger partial charge on any atom is -0.497 e. The molecule has 0 spiro atoms. The fourth-order valence-corrected chi connectivity index (χ4v) is 5.35. The monoisotopic (exact) mass is 351 g/mol. The number of rotatable bonds is 3. The van der Waals surface area contributed by atoms with Crippen LogP contribution in [0.4, 0.5) is 11.8 Å². The summed E-state index contributed by atoms with van der Waals surface area (Å²) in [6.45, 7) is 3.42. The maximum atomic E-state index is 5.87. The predicted molar refractivity (Wildman–Crippen MR) is 101 cm³/mol. The van der Waals surface area contributed by atoms with Gasteiger partial charge in [-0.2, -0.15) is 4.98 Å². The van der Waals surface area contributed by atoms with Crippen molar-refractivity contribution in [3.63, 3.8) is 0 Å². The fraction of sp³-hybridized carbons (Fsp3) is 0.500. The Bertz CT molecular complexity index is 787. The second-order valence-electron chi connectivity index (χ2n) is 7.66. The van der Waals surface area contributed by atoms with E-state index in [4.69, 9.17) is 10.5 Å². The first-order valence-electron chi connectivity index (χ1n) is 9.48. The molecule has 2 N–H and O–H groups in total. The van der Waals surface area contributed by atoms with Gasteiger partial charge in [0, 0.05) is 30.7 Å². The van der Waals surface area contributed by atoms with Crippen LogP contribution in [0, 0.1) is 5.92 Å². The van der Waals surface area contributed by atoms with Crippen molar-refractivity contribution >= 4 is 11.8 Å². The normalized spacial score (nSPS) is 32.5. The lowest BCUT2D eigenvalue weighted by Crippen LogP contribution is -2.60. The van der Waals surface area contributed by atoms with E-state index in [1.54, 1.807) is 13.3 Å². The number of hydrogen-bond donors (Lipinski definition) is 1. The van der Waals surface area contributed by atoms with Crippen LogP contribution in [-0.4, -0.2) is 53.7 Å². The van der Waals surface area contributed by atoms with Crippen LogP contribution in [0.5, 0.6) is 5.75 Å². The molecule has 0 saturated carbocycles. The maximum Gasteiger partial charge on any atom is 0.221 e. The molecule has 6 nitrogen and oxygen atoms in total. The molecule has 5 heterocycles. The number of aromatic nitrogens is 2. The van der Waals surface area contributed by atoms with E-state index in [-0.39, 0.29) is 0 Å². The molecule has 0 unspecified atom stereocenters. The van der Waals surface area contributed by atoms with E-state index < -0.39 is 0 Å². The third kappa shape index (κ3) is 2.43. The summed E-state index contributed by atoms with van der Waals surface area (Å²) in [7, 11) is 1.72. The zero-order valence-corrected chi connectivity index (χ0v) is 15.1. The van der Waals surface area contributed by atoms with Crippen LogP contribution in [0.25, 0.3) is 0 Å². The summed E-state index contributed by atoms with van der Waals surface area (Å²) in [5.74, 6) is 3.45. The Kier molecular flexibility index (Phi) is 3.74. The largest absolute Gasteiger partial charge is 0.497 e. The number of ether oxygens (including phenoxy) is 1. The smallest absolute Gasteiger partial charge is 0.221 e. The standard InChI is InChI=1S/C20H25N5O/c1-26-15-4-2-13(3-5-15)16-12-25(17-6-9-22-20(21)23-17)18-14-7-10-24(11-8-14)19(16)18/h2-6,9,14,16,18-19H,7-8,10-12H2,1H3,(H2,21,22,23)/t16-,18+,19+/m0/s1. The highest BCUT2D eigenvalue weighted by atomic mass is 16.5. The fourth-order valence-electron chi connectivity index (χ4n) is 5.35. The molecule has 4 aliphatic heterocycles. The lowest BCUT2D eigenvalue weighted by Gasteiger charge is -2.51. The van der Waals surface area contributed by atoms with Crippen molar-refractivity contribution in [1.29, 1.82) is 0 Å². The Morgan fingerprint density at radius 1 is 1.08 bits per heavy atom. The summed E-state index contributed by atoms with van der Waals surface area (Å²) in [5, 5.41) is 0. The van der Waals surface area contributed by atoms with E-state index in [0.717, 1.165) is 24.0 Å². The zero-order valence-electron chi connectivity index (χ0n) is 15.1. The third-order valence-corrected chi connectivity index (χ3v) is 6.49. The van der Waals surface area contributed by atoms with Gasteiger partial charge in [0.25, 0.3) is 0 Å². The highest BCUT2D eigenvalue weighted by Gasteiger charge is 2.53. The lowest BCUT2D eigenvalue weighted by molar-refractivity contribution is 0.0354. The average Bonchev–Trinajstić information content (AvgIpc) is 3.12. The van der Waals surface area contributed by atoms with E-state index in [2.05, 4.69) is 44.0 Å². The Balaban J connectivity index is 1.54. The quantitative estimate of drug-likeness (QED) is 0.914. The first-order chi connectivity index (χ1) is 12.7. The van der Waals surface area contributed by atoms with Crippen LogP contribution in [0.15, 0.2) is 36.5 Å². The van der Waals surface area contributed by atoms with Gasteiger partial charge in [-0.3, -0.25) is 4.90 Å². The van der Waals surface area contributed by atoms with Crippen LogP contribution in [0.1, 0.15) is 24.3 Å². The summed E-state index contributed by atoms with van der Waals surface area (Å²) < 4.78 is 5.34. The van der Waals surface area contributed by atoms with Gasteiger partial charge in [0.05, 0.1) is 7.11 Å². The first-order valence-corrected chi connectivity index (χ1v) is 9.48. The van der Waals surface area contributed by atoms with Crippen molar-refractivity contribution in [2.45, 2.75) is 30.8 Å². The van der Waals surface area contributed by atoms with Crippen molar-refractivity contribution in [3.8, 4) is 5.75 Å². The Morgan fingerprint density at radius 3 is 2.54 bits per heavy atom. The molecule has 0 amide bonds. The number of methoxy groups -OCH3 is 1. The van der Waals surface area contributed by atoms with Gasteiger partial charge in [-0.25, -0.2) is 4.98 Å². The Hall–Kier alpha value is -2.34. The summed E-state index contributed by atoms with van der Waals surface area (Å²) in [4.78, 5) is 13.8. The summed E-state index contributed by atoms with van der Waals surface area (Å²) in [6, 6.07) is 11.7. The molecule has 2 aromatic rings. The Labute approximate surface area is 154 Å². The Morgan fingerprint density at radius 2 is 1.85 bits per heavy atom. The first kappa shape index (κ1) is 15.9. The van der Waals surface area contributed by atoms with E-state index >= 15 is 0 Å². The number of nitrogen functional groups attached to an aromatic ring is 1. The maximum absolute atomic E-state index is 5.87. The van der Waals surface area contributed by atoms with Crippen molar-refractivity contribution in [2.75, 3.05) is 37.4 Å². The molecule has 2 bridgehead atoms. The molecule has 0 aliphatic carbocycles. The molecule has 4 saturated heterocycles.